The minimum Gasteiger partial charge on any atom is -0.478 e. The fourth-order valence-corrected chi connectivity index (χ4v) is 1.55. The molecule has 0 aliphatic rings. The second-order valence-electron chi connectivity index (χ2n) is 4.30. The van der Waals surface area contributed by atoms with Crippen molar-refractivity contribution in [3.05, 3.63) is 23.5 Å². The van der Waals surface area contributed by atoms with Gasteiger partial charge in [0, 0.05) is 21.1 Å². The highest BCUT2D eigenvalue weighted by molar-refractivity contribution is 6.00. The quantitative estimate of drug-likeness (QED) is 0.783. The van der Waals surface area contributed by atoms with Crippen LogP contribution in [-0.2, 0) is 4.79 Å². The second kappa shape index (κ2) is 5.55. The number of amides is 1. The van der Waals surface area contributed by atoms with Crippen LogP contribution in [0.1, 0.15) is 10.4 Å². The maximum absolute atomic E-state index is 13.3. The zero-order valence-corrected chi connectivity index (χ0v) is 11.0. The van der Waals surface area contributed by atoms with Gasteiger partial charge in [-0.25, -0.2) is 9.18 Å². The standard InChI is InChI=1S/C12H16FN3O3/c1-15(2)9(17)6-16(3)8-5-4-7(13)11(14)10(8)12(18)19/h4-5H,6,14H2,1-3H3,(H,18,19). The summed E-state index contributed by atoms with van der Waals surface area (Å²) in [5, 5.41) is 9.09. The monoisotopic (exact) mass is 269 g/mol. The van der Waals surface area contributed by atoms with E-state index in [-0.39, 0.29) is 23.7 Å². The summed E-state index contributed by atoms with van der Waals surface area (Å²) in [6.07, 6.45) is 0. The summed E-state index contributed by atoms with van der Waals surface area (Å²) in [6, 6.07) is 2.37. The van der Waals surface area contributed by atoms with Gasteiger partial charge >= 0.3 is 5.97 Å². The molecular weight excluding hydrogens is 253 g/mol. The van der Waals surface area contributed by atoms with Crippen molar-refractivity contribution in [2.75, 3.05) is 38.3 Å². The van der Waals surface area contributed by atoms with E-state index in [0.29, 0.717) is 0 Å². The Morgan fingerprint density at radius 3 is 2.37 bits per heavy atom. The van der Waals surface area contributed by atoms with Crippen molar-refractivity contribution in [2.24, 2.45) is 0 Å². The third-order valence-electron chi connectivity index (χ3n) is 2.67. The van der Waals surface area contributed by atoms with Gasteiger partial charge in [-0.15, -0.1) is 0 Å². The first kappa shape index (κ1) is 14.7. The lowest BCUT2D eigenvalue weighted by Crippen LogP contribution is -2.35. The van der Waals surface area contributed by atoms with Crippen LogP contribution in [0.3, 0.4) is 0 Å². The van der Waals surface area contributed by atoms with E-state index in [9.17, 15) is 14.0 Å². The first-order valence-electron chi connectivity index (χ1n) is 5.48. The molecule has 7 heteroatoms. The number of benzene rings is 1. The number of anilines is 2. The van der Waals surface area contributed by atoms with E-state index in [1.807, 2.05) is 0 Å². The molecule has 0 unspecified atom stereocenters. The summed E-state index contributed by atoms with van der Waals surface area (Å²) in [6.45, 7) is -0.0294. The largest absolute Gasteiger partial charge is 0.478 e. The highest BCUT2D eigenvalue weighted by Gasteiger charge is 2.21. The summed E-state index contributed by atoms with van der Waals surface area (Å²) in [7, 11) is 4.72. The van der Waals surface area contributed by atoms with Crippen molar-refractivity contribution in [2.45, 2.75) is 0 Å². The van der Waals surface area contributed by atoms with Crippen molar-refractivity contribution in [1.29, 1.82) is 0 Å². The van der Waals surface area contributed by atoms with Gasteiger partial charge in [0.05, 0.1) is 17.9 Å². The van der Waals surface area contributed by atoms with E-state index in [1.165, 1.54) is 15.9 Å². The Morgan fingerprint density at radius 1 is 1.32 bits per heavy atom. The number of hydrogen-bond acceptors (Lipinski definition) is 4. The molecule has 19 heavy (non-hydrogen) atoms. The molecule has 0 radical (unpaired) electrons. The maximum Gasteiger partial charge on any atom is 0.340 e. The zero-order chi connectivity index (χ0) is 14.7. The second-order valence-corrected chi connectivity index (χ2v) is 4.30. The van der Waals surface area contributed by atoms with Crippen LogP contribution in [0, 0.1) is 5.82 Å². The highest BCUT2D eigenvalue weighted by atomic mass is 19.1. The zero-order valence-electron chi connectivity index (χ0n) is 11.0. The van der Waals surface area contributed by atoms with Gasteiger partial charge in [0.25, 0.3) is 0 Å². The molecule has 0 aliphatic heterocycles. The lowest BCUT2D eigenvalue weighted by atomic mass is 10.1. The Morgan fingerprint density at radius 2 is 1.89 bits per heavy atom. The minimum absolute atomic E-state index is 0.0294. The maximum atomic E-state index is 13.3. The molecule has 0 saturated carbocycles. The van der Waals surface area contributed by atoms with Crippen molar-refractivity contribution in [3.8, 4) is 0 Å². The molecule has 3 N–H and O–H groups in total. The first-order valence-corrected chi connectivity index (χ1v) is 5.48. The van der Waals surface area contributed by atoms with Crippen LogP contribution in [0.25, 0.3) is 0 Å². The number of nitrogens with two attached hydrogens (primary N) is 1. The predicted octanol–water partition coefficient (Wildman–Crippen LogP) is 0.631. The SMILES string of the molecule is CN(C)C(=O)CN(C)c1ccc(F)c(N)c1C(=O)O. The predicted molar refractivity (Wildman–Crippen MR) is 69.7 cm³/mol. The average molecular weight is 269 g/mol. The molecule has 0 fully saturated rings. The molecule has 6 nitrogen and oxygen atoms in total. The van der Waals surface area contributed by atoms with Crippen LogP contribution >= 0.6 is 0 Å². The van der Waals surface area contributed by atoms with Gasteiger partial charge in [-0.3, -0.25) is 4.79 Å². The topological polar surface area (TPSA) is 86.9 Å². The summed E-state index contributed by atoms with van der Waals surface area (Å²) < 4.78 is 13.3. The van der Waals surface area contributed by atoms with E-state index < -0.39 is 17.5 Å². The number of likely N-dealkylation sites (N-methyl/N-ethyl adjacent to an activating group) is 2. The molecule has 1 aromatic carbocycles. The van der Waals surface area contributed by atoms with Crippen LogP contribution in [0.5, 0.6) is 0 Å². The van der Waals surface area contributed by atoms with Crippen LogP contribution < -0.4 is 10.6 Å². The highest BCUT2D eigenvalue weighted by Crippen LogP contribution is 2.27. The van der Waals surface area contributed by atoms with Crippen molar-refractivity contribution >= 4 is 23.3 Å². The van der Waals surface area contributed by atoms with E-state index in [0.717, 1.165) is 6.07 Å². The van der Waals surface area contributed by atoms with Gasteiger partial charge in [0.15, 0.2) is 0 Å². The Hall–Kier alpha value is -2.31. The number of carbonyl (C=O) groups is 2. The van der Waals surface area contributed by atoms with Crippen LogP contribution in [0.2, 0.25) is 0 Å². The summed E-state index contributed by atoms with van der Waals surface area (Å²) in [4.78, 5) is 25.5. The van der Waals surface area contributed by atoms with Crippen LogP contribution in [0.4, 0.5) is 15.8 Å². The molecule has 0 spiro atoms. The molecule has 0 atom stereocenters. The molecule has 1 aromatic rings. The molecule has 104 valence electrons. The Balaban J connectivity index is 3.17. The third-order valence-corrected chi connectivity index (χ3v) is 2.67. The minimum atomic E-state index is -1.34. The molecule has 0 aliphatic carbocycles. The lowest BCUT2D eigenvalue weighted by Gasteiger charge is -2.23. The molecule has 1 amide bonds. The fourth-order valence-electron chi connectivity index (χ4n) is 1.55. The van der Waals surface area contributed by atoms with Crippen molar-refractivity contribution in [1.82, 2.24) is 4.90 Å². The number of rotatable bonds is 4. The molecule has 0 saturated heterocycles. The van der Waals surface area contributed by atoms with Gasteiger partial charge in [-0.1, -0.05) is 0 Å². The van der Waals surface area contributed by atoms with Crippen LogP contribution in [0.15, 0.2) is 12.1 Å². The van der Waals surface area contributed by atoms with E-state index in [1.54, 1.807) is 21.1 Å². The number of nitrogens with zero attached hydrogens (tertiary/aromatic N) is 2. The van der Waals surface area contributed by atoms with Gasteiger partial charge in [0.1, 0.15) is 11.4 Å². The van der Waals surface area contributed by atoms with Gasteiger partial charge in [-0.05, 0) is 12.1 Å². The number of halogens is 1. The Kier molecular flexibility index (Phi) is 4.31. The summed E-state index contributed by atoms with van der Waals surface area (Å²) in [5.41, 5.74) is 4.86. The van der Waals surface area contributed by atoms with Gasteiger partial charge < -0.3 is 20.6 Å². The molecular formula is C12H16FN3O3. The van der Waals surface area contributed by atoms with E-state index >= 15 is 0 Å². The van der Waals surface area contributed by atoms with Crippen molar-refractivity contribution in [3.63, 3.8) is 0 Å². The number of carboxylic acids is 1. The Labute approximate surface area is 110 Å². The molecule has 0 heterocycles. The first-order chi connectivity index (χ1) is 8.75. The number of aromatic carboxylic acids is 1. The molecule has 0 bridgehead atoms. The normalized spacial score (nSPS) is 10.1. The number of carboxylic acid groups (broad SMARTS) is 1. The summed E-state index contributed by atoms with van der Waals surface area (Å²) >= 11 is 0. The lowest BCUT2D eigenvalue weighted by molar-refractivity contribution is -0.127. The fraction of sp³-hybridized carbons (Fsp3) is 0.333. The van der Waals surface area contributed by atoms with Crippen LogP contribution in [-0.4, -0.2) is 49.6 Å². The molecule has 0 aromatic heterocycles. The number of nitrogen functional groups attached to an aromatic ring is 1. The number of carbonyl (C=O) groups excluding carboxylic acids is 1. The average Bonchev–Trinajstić information content (AvgIpc) is 2.31. The van der Waals surface area contributed by atoms with Gasteiger partial charge in [0.2, 0.25) is 5.91 Å². The van der Waals surface area contributed by atoms with Gasteiger partial charge in [-0.2, -0.15) is 0 Å². The smallest absolute Gasteiger partial charge is 0.340 e. The van der Waals surface area contributed by atoms with E-state index in [2.05, 4.69) is 0 Å². The van der Waals surface area contributed by atoms with E-state index in [4.69, 9.17) is 10.8 Å². The number of hydrogen-bond donors (Lipinski definition) is 2. The summed E-state index contributed by atoms with van der Waals surface area (Å²) in [5.74, 6) is -2.34. The third kappa shape index (κ3) is 3.12. The Bertz CT molecular complexity index is 517. The van der Waals surface area contributed by atoms with Crippen molar-refractivity contribution < 1.29 is 19.1 Å². The molecule has 1 rings (SSSR count).